The predicted octanol–water partition coefficient (Wildman–Crippen LogP) is 5.07. The molecule has 1 saturated heterocycles. The van der Waals surface area contributed by atoms with Crippen molar-refractivity contribution < 1.29 is 27.5 Å². The molecular formula is C27H29Cl2F3N4O3. The molecule has 2 aromatic carbocycles. The molecule has 0 unspecified atom stereocenters. The van der Waals surface area contributed by atoms with E-state index in [1.165, 1.54) is 37.6 Å². The van der Waals surface area contributed by atoms with Crippen molar-refractivity contribution in [1.82, 2.24) is 10.3 Å². The highest BCUT2D eigenvalue weighted by Gasteiger charge is 2.44. The molecule has 1 fully saturated rings. The van der Waals surface area contributed by atoms with Crippen LogP contribution in [0.2, 0.25) is 0 Å². The van der Waals surface area contributed by atoms with Crippen LogP contribution in [0, 0.1) is 0 Å². The van der Waals surface area contributed by atoms with Gasteiger partial charge < -0.3 is 15.0 Å². The Morgan fingerprint density at radius 1 is 0.949 bits per heavy atom. The van der Waals surface area contributed by atoms with Crippen LogP contribution in [0.4, 0.5) is 24.5 Å². The fraction of sp³-hybridized carbons (Fsp3) is 0.296. The van der Waals surface area contributed by atoms with E-state index in [-0.39, 0.29) is 41.0 Å². The average Bonchev–Trinajstić information content (AvgIpc) is 2.92. The molecule has 2 heterocycles. The van der Waals surface area contributed by atoms with Gasteiger partial charge in [0.15, 0.2) is 0 Å². The van der Waals surface area contributed by atoms with Crippen LogP contribution in [0.3, 0.4) is 0 Å². The summed E-state index contributed by atoms with van der Waals surface area (Å²) in [6, 6.07) is 14.0. The van der Waals surface area contributed by atoms with Crippen molar-refractivity contribution in [2.24, 2.45) is 0 Å². The first-order valence-electron chi connectivity index (χ1n) is 11.8. The van der Waals surface area contributed by atoms with E-state index in [4.69, 9.17) is 4.74 Å². The summed E-state index contributed by atoms with van der Waals surface area (Å²) in [5.41, 5.74) is 1.87. The first-order valence-corrected chi connectivity index (χ1v) is 11.8. The molecule has 39 heavy (non-hydrogen) atoms. The first kappa shape index (κ1) is 31.9. The van der Waals surface area contributed by atoms with Crippen molar-refractivity contribution in [3.05, 3.63) is 89.2 Å². The molecule has 4 rings (SSSR count). The number of alkyl halides is 3. The van der Waals surface area contributed by atoms with E-state index in [1.807, 2.05) is 4.90 Å². The average molecular weight is 585 g/mol. The highest BCUT2D eigenvalue weighted by molar-refractivity contribution is 6.08. The van der Waals surface area contributed by atoms with Crippen LogP contribution in [-0.2, 0) is 17.6 Å². The van der Waals surface area contributed by atoms with Crippen molar-refractivity contribution in [1.29, 1.82) is 0 Å². The van der Waals surface area contributed by atoms with Gasteiger partial charge in [0.05, 0.1) is 24.0 Å². The summed E-state index contributed by atoms with van der Waals surface area (Å²) >= 11 is 0. The molecule has 1 aliphatic rings. The molecule has 1 amide bonds. The number of anilines is 2. The molecule has 0 spiro atoms. The fourth-order valence-corrected chi connectivity index (χ4v) is 4.32. The quantitative estimate of drug-likeness (QED) is 0.308. The van der Waals surface area contributed by atoms with Gasteiger partial charge in [0.25, 0.3) is 5.91 Å². The van der Waals surface area contributed by atoms with Gasteiger partial charge in [-0.3, -0.25) is 9.78 Å². The zero-order chi connectivity index (χ0) is 26.4. The predicted molar refractivity (Wildman–Crippen MR) is 148 cm³/mol. The van der Waals surface area contributed by atoms with Crippen molar-refractivity contribution >= 4 is 48.1 Å². The Labute approximate surface area is 237 Å². The lowest BCUT2D eigenvalue weighted by molar-refractivity contribution is -0.122. The van der Waals surface area contributed by atoms with E-state index in [9.17, 15) is 22.8 Å². The van der Waals surface area contributed by atoms with Gasteiger partial charge in [-0.2, -0.15) is 0 Å². The van der Waals surface area contributed by atoms with Gasteiger partial charge in [-0.05, 0) is 54.3 Å². The second kappa shape index (κ2) is 14.2. The van der Waals surface area contributed by atoms with Gasteiger partial charge in [-0.25, -0.2) is 9.69 Å². The summed E-state index contributed by atoms with van der Waals surface area (Å²) in [4.78, 5) is 30.9. The number of methoxy groups -OCH3 is 1. The third kappa shape index (κ3) is 7.84. The summed E-state index contributed by atoms with van der Waals surface area (Å²) in [6.07, 6.45) is -0.989. The number of hydrogen-bond acceptors (Lipinski definition) is 6. The Morgan fingerprint density at radius 3 is 2.31 bits per heavy atom. The number of amides is 1. The highest BCUT2D eigenvalue weighted by Crippen LogP contribution is 2.37. The Kier molecular flexibility index (Phi) is 11.6. The van der Waals surface area contributed by atoms with Gasteiger partial charge in [0.2, 0.25) is 0 Å². The number of rotatable bonds is 7. The number of pyridine rings is 1. The molecular weight excluding hydrogens is 556 g/mol. The molecule has 12 heteroatoms. The Morgan fingerprint density at radius 2 is 1.62 bits per heavy atom. The molecule has 0 radical (unpaired) electrons. The summed E-state index contributed by atoms with van der Waals surface area (Å²) in [5.74, 6) is -1.65. The fourth-order valence-electron chi connectivity index (χ4n) is 4.32. The lowest BCUT2D eigenvalue weighted by atomic mass is 10.0. The molecule has 0 aliphatic carbocycles. The zero-order valence-corrected chi connectivity index (χ0v) is 22.7. The summed E-state index contributed by atoms with van der Waals surface area (Å²) in [6.45, 7) is 2.37. The Bertz CT molecular complexity index is 1270. The topological polar surface area (TPSA) is 74.8 Å². The van der Waals surface area contributed by atoms with Crippen LogP contribution in [0.1, 0.15) is 31.8 Å². The number of aromatic nitrogens is 1. The minimum Gasteiger partial charge on any atom is -0.465 e. The largest absolute Gasteiger partial charge is 0.491 e. The zero-order valence-electron chi connectivity index (χ0n) is 21.1. The monoisotopic (exact) mass is 584 g/mol. The standard InChI is InChI=1S/C27H27F3N4O3.2ClH/c1-37-26(36)22-16-20(17-32-18-22)10-9-19-5-4-6-21(15-19)25(35)34(27(28,29)30)24-8-3-2-7-23(24)33-13-11-31-12-14-33;;/h2-8,15-18,31H,9-14H2,1H3;2*1H. The number of para-hydroxylation sites is 2. The minimum atomic E-state index is -4.92. The number of benzene rings is 2. The van der Waals surface area contributed by atoms with Gasteiger partial charge in [-0.15, -0.1) is 38.0 Å². The molecule has 0 atom stereocenters. The third-order valence-corrected chi connectivity index (χ3v) is 6.13. The van der Waals surface area contributed by atoms with Crippen LogP contribution in [-0.4, -0.2) is 56.4 Å². The molecule has 1 aliphatic heterocycles. The van der Waals surface area contributed by atoms with Crippen molar-refractivity contribution in [3.8, 4) is 0 Å². The molecule has 1 aromatic heterocycles. The van der Waals surface area contributed by atoms with Crippen LogP contribution in [0.25, 0.3) is 0 Å². The first-order chi connectivity index (χ1) is 17.8. The molecule has 3 aromatic rings. The number of carbonyl (C=O) groups is 2. The van der Waals surface area contributed by atoms with Gasteiger partial charge in [0.1, 0.15) is 0 Å². The van der Waals surface area contributed by atoms with Crippen molar-refractivity contribution in [2.75, 3.05) is 43.1 Å². The normalized spacial score (nSPS) is 13.1. The number of aryl methyl sites for hydroxylation is 2. The van der Waals surface area contributed by atoms with E-state index in [0.29, 0.717) is 55.8 Å². The smallest absolute Gasteiger partial charge is 0.465 e. The van der Waals surface area contributed by atoms with Crippen molar-refractivity contribution in [2.45, 2.75) is 19.1 Å². The van der Waals surface area contributed by atoms with E-state index < -0.39 is 18.2 Å². The number of nitrogens with zero attached hydrogens (tertiary/aromatic N) is 3. The number of hydrogen-bond donors (Lipinski definition) is 1. The summed E-state index contributed by atoms with van der Waals surface area (Å²) < 4.78 is 47.7. The number of piperazine rings is 1. The van der Waals surface area contributed by atoms with Crippen LogP contribution < -0.4 is 15.1 Å². The molecule has 7 nitrogen and oxygen atoms in total. The Balaban J connectivity index is 0.00000267. The third-order valence-electron chi connectivity index (χ3n) is 6.13. The Hall–Kier alpha value is -3.34. The van der Waals surface area contributed by atoms with E-state index in [0.717, 1.165) is 5.56 Å². The minimum absolute atomic E-state index is 0. The lowest BCUT2D eigenvalue weighted by Crippen LogP contribution is -2.47. The second-order valence-corrected chi connectivity index (χ2v) is 8.61. The van der Waals surface area contributed by atoms with Crippen LogP contribution >= 0.6 is 24.8 Å². The maximum Gasteiger partial charge on any atom is 0.491 e. The van der Waals surface area contributed by atoms with Gasteiger partial charge in [-0.1, -0.05) is 24.3 Å². The number of esters is 1. The maximum atomic E-state index is 14.3. The van der Waals surface area contributed by atoms with Crippen LogP contribution in [0.5, 0.6) is 0 Å². The molecule has 210 valence electrons. The highest BCUT2D eigenvalue weighted by atomic mass is 35.5. The molecule has 1 N–H and O–H groups in total. The van der Waals surface area contributed by atoms with Crippen molar-refractivity contribution in [3.63, 3.8) is 0 Å². The van der Waals surface area contributed by atoms with Gasteiger partial charge in [0, 0.05) is 44.1 Å². The van der Waals surface area contributed by atoms with E-state index >= 15 is 0 Å². The molecule has 0 bridgehead atoms. The number of nitrogens with one attached hydrogen (secondary N) is 1. The lowest BCUT2D eigenvalue weighted by Gasteiger charge is -2.34. The maximum absolute atomic E-state index is 14.3. The second-order valence-electron chi connectivity index (χ2n) is 8.61. The van der Waals surface area contributed by atoms with E-state index in [1.54, 1.807) is 36.5 Å². The summed E-state index contributed by atoms with van der Waals surface area (Å²) in [5, 5.41) is 3.18. The molecule has 0 saturated carbocycles. The number of carbonyl (C=O) groups excluding carboxylic acids is 2. The number of halogens is 5. The number of ether oxygens (including phenoxy) is 1. The van der Waals surface area contributed by atoms with Crippen LogP contribution in [0.15, 0.2) is 67.0 Å². The van der Waals surface area contributed by atoms with E-state index in [2.05, 4.69) is 10.3 Å². The van der Waals surface area contributed by atoms with Gasteiger partial charge >= 0.3 is 12.3 Å². The summed E-state index contributed by atoms with van der Waals surface area (Å²) in [7, 11) is 1.28. The SMILES string of the molecule is COC(=O)c1cncc(CCc2cccc(C(=O)N(c3ccccc3N3CCNCC3)C(F)(F)F)c2)c1.Cl.Cl.